The Hall–Kier alpha value is -0.840. The number of aliphatic hydroxyl groups is 1. The number of anilines is 1. The monoisotopic (exact) mass is 245 g/mol. The first-order valence-corrected chi connectivity index (χ1v) is 5.41. The molecule has 0 amide bonds. The van der Waals surface area contributed by atoms with E-state index in [4.69, 9.17) is 16.3 Å². The van der Waals surface area contributed by atoms with Gasteiger partial charge in [0.25, 0.3) is 0 Å². The van der Waals surface area contributed by atoms with Crippen LogP contribution < -0.4 is 5.32 Å². The van der Waals surface area contributed by atoms with Crippen molar-refractivity contribution in [1.29, 1.82) is 0 Å². The maximum atomic E-state index is 12.8. The van der Waals surface area contributed by atoms with Crippen LogP contribution in [0.25, 0.3) is 0 Å². The zero-order valence-corrected chi connectivity index (χ0v) is 9.43. The van der Waals surface area contributed by atoms with E-state index in [9.17, 15) is 9.50 Å². The van der Waals surface area contributed by atoms with Crippen LogP contribution >= 0.6 is 11.6 Å². The molecule has 0 saturated carbocycles. The van der Waals surface area contributed by atoms with Crippen molar-refractivity contribution < 1.29 is 14.2 Å². The molecule has 16 heavy (non-hydrogen) atoms. The molecule has 1 fully saturated rings. The Balaban J connectivity index is 1.99. The molecule has 1 aliphatic heterocycles. The van der Waals surface area contributed by atoms with Gasteiger partial charge in [0.2, 0.25) is 0 Å². The molecule has 0 bridgehead atoms. The number of hydrogen-bond donors (Lipinski definition) is 2. The normalized spacial score (nSPS) is 17.9. The van der Waals surface area contributed by atoms with Gasteiger partial charge < -0.3 is 15.2 Å². The van der Waals surface area contributed by atoms with E-state index < -0.39 is 0 Å². The summed E-state index contributed by atoms with van der Waals surface area (Å²) in [4.78, 5) is 0. The maximum Gasteiger partial charge on any atom is 0.124 e. The summed E-state index contributed by atoms with van der Waals surface area (Å²) < 4.78 is 17.9. The average Bonchev–Trinajstić information content (AvgIpc) is 2.19. The Morgan fingerprint density at radius 1 is 1.50 bits per heavy atom. The predicted octanol–water partition coefficient (Wildman–Crippen LogP) is 1.90. The smallest absolute Gasteiger partial charge is 0.124 e. The Morgan fingerprint density at radius 2 is 2.25 bits per heavy atom. The van der Waals surface area contributed by atoms with Crippen LogP contribution in [0.2, 0.25) is 5.02 Å². The number of halogens is 2. The zero-order chi connectivity index (χ0) is 11.6. The number of hydrogen-bond acceptors (Lipinski definition) is 3. The van der Waals surface area contributed by atoms with Crippen LogP contribution in [0.4, 0.5) is 10.1 Å². The second-order valence-electron chi connectivity index (χ2n) is 4.13. The fourth-order valence-electron chi connectivity index (χ4n) is 1.56. The summed E-state index contributed by atoms with van der Waals surface area (Å²) in [6.45, 7) is 1.71. The minimum absolute atomic E-state index is 0.0683. The fourth-order valence-corrected chi connectivity index (χ4v) is 1.79. The first-order chi connectivity index (χ1) is 7.65. The van der Waals surface area contributed by atoms with E-state index >= 15 is 0 Å². The van der Waals surface area contributed by atoms with Crippen molar-refractivity contribution in [2.75, 3.05) is 31.7 Å². The Bertz CT molecular complexity index is 377. The molecule has 88 valence electrons. The second kappa shape index (κ2) is 4.57. The van der Waals surface area contributed by atoms with Crippen LogP contribution in [0.5, 0.6) is 0 Å². The van der Waals surface area contributed by atoms with Gasteiger partial charge in [-0.25, -0.2) is 4.39 Å². The van der Waals surface area contributed by atoms with Crippen molar-refractivity contribution in [3.8, 4) is 0 Å². The van der Waals surface area contributed by atoms with Gasteiger partial charge in [-0.1, -0.05) is 11.6 Å². The van der Waals surface area contributed by atoms with Crippen LogP contribution in [-0.2, 0) is 4.74 Å². The van der Waals surface area contributed by atoms with Crippen LogP contribution in [0.15, 0.2) is 18.2 Å². The van der Waals surface area contributed by atoms with Crippen LogP contribution in [-0.4, -0.2) is 31.5 Å². The van der Waals surface area contributed by atoms with Crippen molar-refractivity contribution in [2.24, 2.45) is 5.41 Å². The zero-order valence-electron chi connectivity index (χ0n) is 8.67. The standard InChI is InChI=1S/C11H13ClFNO2/c12-9-3-8(13)1-2-10(9)14-4-11(5-15)6-16-7-11/h1-3,14-15H,4-7H2. The van der Waals surface area contributed by atoms with E-state index in [2.05, 4.69) is 5.32 Å². The summed E-state index contributed by atoms with van der Waals surface area (Å²) in [6, 6.07) is 4.19. The van der Waals surface area contributed by atoms with Gasteiger partial charge in [0, 0.05) is 6.54 Å². The van der Waals surface area contributed by atoms with Crippen molar-refractivity contribution in [3.63, 3.8) is 0 Å². The highest BCUT2D eigenvalue weighted by molar-refractivity contribution is 6.33. The highest BCUT2D eigenvalue weighted by Crippen LogP contribution is 2.29. The number of rotatable bonds is 4. The summed E-state index contributed by atoms with van der Waals surface area (Å²) >= 11 is 5.87. The third-order valence-corrected chi connectivity index (χ3v) is 3.05. The quantitative estimate of drug-likeness (QED) is 0.851. The average molecular weight is 246 g/mol. The van der Waals surface area contributed by atoms with Gasteiger partial charge in [-0.15, -0.1) is 0 Å². The van der Waals surface area contributed by atoms with Crippen molar-refractivity contribution in [1.82, 2.24) is 0 Å². The van der Waals surface area contributed by atoms with Gasteiger partial charge in [0.1, 0.15) is 5.82 Å². The van der Waals surface area contributed by atoms with Gasteiger partial charge in [0.05, 0.1) is 35.9 Å². The fraction of sp³-hybridized carbons (Fsp3) is 0.455. The molecule has 0 unspecified atom stereocenters. The largest absolute Gasteiger partial charge is 0.396 e. The highest BCUT2D eigenvalue weighted by Gasteiger charge is 2.37. The summed E-state index contributed by atoms with van der Waals surface area (Å²) in [6.07, 6.45) is 0. The summed E-state index contributed by atoms with van der Waals surface area (Å²) in [5, 5.41) is 12.7. The molecule has 0 atom stereocenters. The molecule has 1 aliphatic rings. The number of ether oxygens (including phenoxy) is 1. The van der Waals surface area contributed by atoms with Crippen molar-refractivity contribution in [3.05, 3.63) is 29.0 Å². The Labute approximate surface area is 98.2 Å². The lowest BCUT2D eigenvalue weighted by Gasteiger charge is -2.40. The lowest BCUT2D eigenvalue weighted by atomic mass is 9.87. The molecular formula is C11H13ClFNO2. The summed E-state index contributed by atoms with van der Waals surface area (Å²) in [5.74, 6) is -0.362. The van der Waals surface area contributed by atoms with E-state index in [1.165, 1.54) is 12.1 Å². The molecule has 1 heterocycles. The molecule has 1 aromatic rings. The number of nitrogens with one attached hydrogen (secondary N) is 1. The first kappa shape index (κ1) is 11.6. The molecule has 2 N–H and O–H groups in total. The van der Waals surface area contributed by atoms with Gasteiger partial charge in [0.15, 0.2) is 0 Å². The van der Waals surface area contributed by atoms with Crippen molar-refractivity contribution in [2.45, 2.75) is 0 Å². The van der Waals surface area contributed by atoms with Crippen LogP contribution in [0.3, 0.4) is 0 Å². The van der Waals surface area contributed by atoms with E-state index in [-0.39, 0.29) is 17.8 Å². The lowest BCUT2D eigenvalue weighted by molar-refractivity contribution is -0.128. The number of aliphatic hydroxyl groups excluding tert-OH is 1. The van der Waals surface area contributed by atoms with E-state index in [0.717, 1.165) is 0 Å². The topological polar surface area (TPSA) is 41.5 Å². The van der Waals surface area contributed by atoms with Crippen LogP contribution in [0, 0.1) is 11.2 Å². The van der Waals surface area contributed by atoms with Gasteiger partial charge in [-0.2, -0.15) is 0 Å². The third kappa shape index (κ3) is 2.29. The minimum atomic E-state index is -0.362. The second-order valence-corrected chi connectivity index (χ2v) is 4.54. The molecule has 0 aliphatic carbocycles. The molecule has 2 rings (SSSR count). The van der Waals surface area contributed by atoms with E-state index in [1.54, 1.807) is 6.07 Å². The number of benzene rings is 1. The molecule has 5 heteroatoms. The molecule has 0 radical (unpaired) electrons. The van der Waals surface area contributed by atoms with E-state index in [1.807, 2.05) is 0 Å². The third-order valence-electron chi connectivity index (χ3n) is 2.74. The highest BCUT2D eigenvalue weighted by atomic mass is 35.5. The van der Waals surface area contributed by atoms with Gasteiger partial charge in [-0.05, 0) is 18.2 Å². The Kier molecular flexibility index (Phi) is 3.33. The van der Waals surface area contributed by atoms with E-state index in [0.29, 0.717) is 30.5 Å². The molecule has 1 saturated heterocycles. The van der Waals surface area contributed by atoms with Crippen LogP contribution in [0.1, 0.15) is 0 Å². The predicted molar refractivity (Wildman–Crippen MR) is 60.2 cm³/mol. The maximum absolute atomic E-state index is 12.8. The minimum Gasteiger partial charge on any atom is -0.396 e. The van der Waals surface area contributed by atoms with Gasteiger partial charge >= 0.3 is 0 Å². The van der Waals surface area contributed by atoms with Gasteiger partial charge in [-0.3, -0.25) is 0 Å². The molecular weight excluding hydrogens is 233 g/mol. The molecule has 0 spiro atoms. The SMILES string of the molecule is OCC1(CNc2ccc(F)cc2Cl)COC1. The summed E-state index contributed by atoms with van der Waals surface area (Å²) in [7, 11) is 0. The molecule has 0 aromatic heterocycles. The first-order valence-electron chi connectivity index (χ1n) is 5.03. The Morgan fingerprint density at radius 3 is 2.75 bits per heavy atom. The lowest BCUT2D eigenvalue weighted by Crippen LogP contribution is -2.50. The summed E-state index contributed by atoms with van der Waals surface area (Å²) in [5.41, 5.74) is 0.445. The molecule has 1 aromatic carbocycles. The van der Waals surface area contributed by atoms with Crippen molar-refractivity contribution >= 4 is 17.3 Å². The molecule has 3 nitrogen and oxygen atoms in total.